The minimum Gasteiger partial charge on any atom is -0.305 e. The van der Waals surface area contributed by atoms with Gasteiger partial charge in [-0.25, -0.2) is 0 Å². The third kappa shape index (κ3) is 2.83. The molecule has 2 fully saturated rings. The molecule has 104 valence electrons. The molecule has 2 heterocycles. The molecule has 4 nitrogen and oxygen atoms in total. The van der Waals surface area contributed by atoms with Gasteiger partial charge in [0.2, 0.25) is 5.91 Å². The number of thiocarbonyl (C=S) groups is 1. The van der Waals surface area contributed by atoms with Gasteiger partial charge in [0.05, 0.1) is 10.8 Å². The number of hydrogen-bond donors (Lipinski definition) is 0. The summed E-state index contributed by atoms with van der Waals surface area (Å²) in [5.74, 6) is 0.447. The molecule has 0 aliphatic carbocycles. The van der Waals surface area contributed by atoms with Crippen LogP contribution in [0.3, 0.4) is 0 Å². The van der Waals surface area contributed by atoms with Gasteiger partial charge in [-0.3, -0.25) is 14.5 Å². The second kappa shape index (κ2) is 6.28. The molecule has 2 saturated heterocycles. The molecule has 0 spiro atoms. The lowest BCUT2D eigenvalue weighted by atomic mass is 10.3. The monoisotopic (exact) mass is 316 g/mol. The number of carbonyl (C=O) groups excluding carboxylic acids is 2. The first-order valence-electron chi connectivity index (χ1n) is 6.31. The van der Waals surface area contributed by atoms with Gasteiger partial charge >= 0.3 is 0 Å². The minimum atomic E-state index is -0.0425. The van der Waals surface area contributed by atoms with E-state index in [2.05, 4.69) is 6.92 Å². The van der Waals surface area contributed by atoms with E-state index in [9.17, 15) is 9.59 Å². The maximum absolute atomic E-state index is 12.4. The zero-order valence-electron chi connectivity index (χ0n) is 11.0. The summed E-state index contributed by atoms with van der Waals surface area (Å²) in [6, 6.07) is 0. The fourth-order valence-corrected chi connectivity index (χ4v) is 4.54. The molecule has 0 N–H and O–H groups in total. The van der Waals surface area contributed by atoms with E-state index in [1.54, 1.807) is 9.80 Å². The Morgan fingerprint density at radius 3 is 2.63 bits per heavy atom. The van der Waals surface area contributed by atoms with E-state index >= 15 is 0 Å². The van der Waals surface area contributed by atoms with Gasteiger partial charge in [0, 0.05) is 13.1 Å². The number of carbonyl (C=O) groups is 2. The molecule has 2 rings (SSSR count). The Morgan fingerprint density at radius 2 is 2.00 bits per heavy atom. The topological polar surface area (TPSA) is 40.6 Å². The molecule has 0 aromatic carbocycles. The Bertz CT molecular complexity index is 462. The molecule has 0 saturated carbocycles. The number of unbranched alkanes of at least 4 members (excludes halogenated alkanes) is 1. The highest BCUT2D eigenvalue weighted by Crippen LogP contribution is 2.41. The third-order valence-electron chi connectivity index (χ3n) is 2.97. The molecular formula is C12H16N2O2S3. The fraction of sp³-hybridized carbons (Fsp3) is 0.583. The van der Waals surface area contributed by atoms with E-state index in [1.807, 2.05) is 6.92 Å². The summed E-state index contributed by atoms with van der Waals surface area (Å²) >= 11 is 8.03. The highest BCUT2D eigenvalue weighted by Gasteiger charge is 2.38. The van der Waals surface area contributed by atoms with E-state index in [1.165, 1.54) is 23.5 Å². The Balaban J connectivity index is 2.24. The molecule has 0 atom stereocenters. The van der Waals surface area contributed by atoms with Gasteiger partial charge in [0.15, 0.2) is 0 Å². The van der Waals surface area contributed by atoms with Crippen LogP contribution in [0.1, 0.15) is 26.7 Å². The first-order valence-corrected chi connectivity index (χ1v) is 8.52. The molecule has 19 heavy (non-hydrogen) atoms. The summed E-state index contributed by atoms with van der Waals surface area (Å²) in [5, 5.41) is 0.781. The van der Waals surface area contributed by atoms with Crippen molar-refractivity contribution in [2.24, 2.45) is 0 Å². The maximum atomic E-state index is 12.4. The first kappa shape index (κ1) is 14.9. The molecular weight excluding hydrogens is 300 g/mol. The van der Waals surface area contributed by atoms with Crippen LogP contribution in [-0.2, 0) is 9.59 Å². The standard InChI is InChI=1S/C12H16N2O2S3/c1-3-5-6-14-10(16)9(19-12(14)17)11-13(4-2)8(15)7-18-11/h3-7H2,1-2H3/b11-9+. The first-order chi connectivity index (χ1) is 9.10. The third-order valence-corrected chi connectivity index (χ3v) is 5.63. The maximum Gasteiger partial charge on any atom is 0.268 e. The lowest BCUT2D eigenvalue weighted by Crippen LogP contribution is -2.30. The molecule has 0 bridgehead atoms. The van der Waals surface area contributed by atoms with Crippen LogP contribution in [0.2, 0.25) is 0 Å². The van der Waals surface area contributed by atoms with Crippen LogP contribution < -0.4 is 0 Å². The van der Waals surface area contributed by atoms with Crippen molar-refractivity contribution in [1.29, 1.82) is 0 Å². The smallest absolute Gasteiger partial charge is 0.268 e. The van der Waals surface area contributed by atoms with E-state index in [0.717, 1.165) is 17.9 Å². The molecule has 7 heteroatoms. The van der Waals surface area contributed by atoms with Gasteiger partial charge in [0.25, 0.3) is 5.91 Å². The van der Waals surface area contributed by atoms with Gasteiger partial charge in [-0.15, -0.1) is 0 Å². The summed E-state index contributed by atoms with van der Waals surface area (Å²) in [7, 11) is 0. The Hall–Kier alpha value is -0.530. The number of thioether (sulfide) groups is 2. The van der Waals surface area contributed by atoms with Crippen LogP contribution in [0.25, 0.3) is 0 Å². The van der Waals surface area contributed by atoms with Gasteiger partial charge in [0.1, 0.15) is 9.23 Å². The van der Waals surface area contributed by atoms with Crippen molar-refractivity contribution in [2.45, 2.75) is 26.7 Å². The van der Waals surface area contributed by atoms with Crippen molar-refractivity contribution in [3.63, 3.8) is 0 Å². The predicted octanol–water partition coefficient (Wildman–Crippen LogP) is 2.41. The zero-order valence-corrected chi connectivity index (χ0v) is 13.4. The second-order valence-corrected chi connectivity index (χ2v) is 6.85. The summed E-state index contributed by atoms with van der Waals surface area (Å²) < 4.78 is 0.608. The van der Waals surface area contributed by atoms with Gasteiger partial charge in [-0.1, -0.05) is 49.1 Å². The summed E-state index contributed by atoms with van der Waals surface area (Å²) in [6.45, 7) is 5.27. The van der Waals surface area contributed by atoms with Crippen LogP contribution in [0.5, 0.6) is 0 Å². The van der Waals surface area contributed by atoms with Crippen molar-refractivity contribution in [2.75, 3.05) is 18.8 Å². The van der Waals surface area contributed by atoms with Crippen LogP contribution >= 0.6 is 35.7 Å². The lowest BCUT2D eigenvalue weighted by molar-refractivity contribution is -0.125. The highest BCUT2D eigenvalue weighted by molar-refractivity contribution is 8.27. The van der Waals surface area contributed by atoms with E-state index in [-0.39, 0.29) is 11.8 Å². The van der Waals surface area contributed by atoms with Crippen molar-refractivity contribution in [3.05, 3.63) is 9.93 Å². The Morgan fingerprint density at radius 1 is 1.26 bits per heavy atom. The minimum absolute atomic E-state index is 0.0425. The number of nitrogens with zero attached hydrogens (tertiary/aromatic N) is 2. The average Bonchev–Trinajstić information content (AvgIpc) is 2.88. The Labute approximate surface area is 127 Å². The molecule has 0 aromatic heterocycles. The molecule has 0 aromatic rings. The molecule has 2 aliphatic heterocycles. The second-order valence-electron chi connectivity index (χ2n) is 4.24. The van der Waals surface area contributed by atoms with Crippen LogP contribution in [-0.4, -0.2) is 44.8 Å². The Kier molecular flexibility index (Phi) is 4.92. The van der Waals surface area contributed by atoms with Crippen LogP contribution in [0.4, 0.5) is 0 Å². The quantitative estimate of drug-likeness (QED) is 0.588. The van der Waals surface area contributed by atoms with Gasteiger partial charge in [-0.05, 0) is 13.3 Å². The van der Waals surface area contributed by atoms with E-state index < -0.39 is 0 Å². The van der Waals surface area contributed by atoms with Crippen LogP contribution in [0, 0.1) is 0 Å². The van der Waals surface area contributed by atoms with Crippen molar-refractivity contribution in [3.8, 4) is 0 Å². The molecule has 2 aliphatic rings. The van der Waals surface area contributed by atoms with Gasteiger partial charge in [-0.2, -0.15) is 0 Å². The summed E-state index contributed by atoms with van der Waals surface area (Å²) in [6.07, 6.45) is 1.97. The average molecular weight is 316 g/mol. The zero-order chi connectivity index (χ0) is 14.0. The molecule has 0 radical (unpaired) electrons. The van der Waals surface area contributed by atoms with Crippen LogP contribution in [0.15, 0.2) is 9.93 Å². The largest absolute Gasteiger partial charge is 0.305 e. The lowest BCUT2D eigenvalue weighted by Gasteiger charge is -2.16. The predicted molar refractivity (Wildman–Crippen MR) is 83.7 cm³/mol. The summed E-state index contributed by atoms with van der Waals surface area (Å²) in [5.41, 5.74) is 0. The summed E-state index contributed by atoms with van der Waals surface area (Å²) in [4.78, 5) is 28.1. The van der Waals surface area contributed by atoms with Crippen molar-refractivity contribution < 1.29 is 9.59 Å². The number of rotatable bonds is 4. The SMILES string of the molecule is CCCCN1C(=O)/C(=C2\SCC(=O)N2CC)SC1=S. The molecule has 0 unspecified atom stereocenters. The fourth-order valence-electron chi connectivity index (χ4n) is 1.94. The van der Waals surface area contributed by atoms with Crippen molar-refractivity contribution in [1.82, 2.24) is 9.80 Å². The van der Waals surface area contributed by atoms with Crippen molar-refractivity contribution >= 4 is 51.9 Å². The van der Waals surface area contributed by atoms with E-state index in [0.29, 0.717) is 28.1 Å². The highest BCUT2D eigenvalue weighted by atomic mass is 32.2. The normalized spacial score (nSPS) is 24.0. The number of hydrogen-bond acceptors (Lipinski definition) is 5. The molecule has 2 amide bonds. The van der Waals surface area contributed by atoms with Gasteiger partial charge < -0.3 is 4.90 Å². The number of amides is 2. The van der Waals surface area contributed by atoms with E-state index in [4.69, 9.17) is 12.2 Å².